The molecule has 3 rings (SSSR count). The van der Waals surface area contributed by atoms with Crippen LogP contribution in [0.15, 0.2) is 42.5 Å². The van der Waals surface area contributed by atoms with Crippen LogP contribution in [0.25, 0.3) is 0 Å². The number of aryl methyl sites for hydroxylation is 1. The average molecular weight is 311 g/mol. The SMILES string of the molecule is CCOc1c(CN[C@@H]2CCc3ccccc3C2)cccc1OC. The van der Waals surface area contributed by atoms with Crippen molar-refractivity contribution in [2.24, 2.45) is 0 Å². The fraction of sp³-hybridized carbons (Fsp3) is 0.400. The van der Waals surface area contributed by atoms with Gasteiger partial charge in [0.15, 0.2) is 11.5 Å². The first-order valence-electron chi connectivity index (χ1n) is 8.40. The van der Waals surface area contributed by atoms with Crippen LogP contribution in [0.5, 0.6) is 11.5 Å². The highest BCUT2D eigenvalue weighted by Crippen LogP contribution is 2.31. The van der Waals surface area contributed by atoms with Gasteiger partial charge in [-0.2, -0.15) is 0 Å². The lowest BCUT2D eigenvalue weighted by Gasteiger charge is -2.26. The van der Waals surface area contributed by atoms with E-state index in [0.29, 0.717) is 12.6 Å². The summed E-state index contributed by atoms with van der Waals surface area (Å²) < 4.78 is 11.2. The van der Waals surface area contributed by atoms with Crippen molar-refractivity contribution in [3.8, 4) is 11.5 Å². The molecule has 0 aliphatic heterocycles. The van der Waals surface area contributed by atoms with Gasteiger partial charge in [-0.05, 0) is 43.4 Å². The van der Waals surface area contributed by atoms with Crippen LogP contribution in [0.2, 0.25) is 0 Å². The molecule has 3 heteroatoms. The summed E-state index contributed by atoms with van der Waals surface area (Å²) in [6.07, 6.45) is 3.44. The third-order valence-electron chi connectivity index (χ3n) is 4.50. The van der Waals surface area contributed by atoms with E-state index in [-0.39, 0.29) is 0 Å². The van der Waals surface area contributed by atoms with Crippen LogP contribution >= 0.6 is 0 Å². The lowest BCUT2D eigenvalue weighted by Crippen LogP contribution is -2.34. The summed E-state index contributed by atoms with van der Waals surface area (Å²) in [7, 11) is 1.69. The van der Waals surface area contributed by atoms with Gasteiger partial charge in [-0.25, -0.2) is 0 Å². The third-order valence-corrected chi connectivity index (χ3v) is 4.50. The molecule has 122 valence electrons. The van der Waals surface area contributed by atoms with Crippen LogP contribution in [-0.2, 0) is 19.4 Å². The van der Waals surface area contributed by atoms with Crippen molar-refractivity contribution >= 4 is 0 Å². The van der Waals surface area contributed by atoms with Gasteiger partial charge in [-0.1, -0.05) is 36.4 Å². The predicted molar refractivity (Wildman–Crippen MR) is 93.3 cm³/mol. The minimum absolute atomic E-state index is 0.519. The largest absolute Gasteiger partial charge is 0.493 e. The Labute approximate surface area is 138 Å². The van der Waals surface area contributed by atoms with E-state index in [9.17, 15) is 0 Å². The molecular formula is C20H25NO2. The molecular weight excluding hydrogens is 286 g/mol. The summed E-state index contributed by atoms with van der Waals surface area (Å²) in [5.74, 6) is 1.67. The molecule has 0 spiro atoms. The fourth-order valence-electron chi connectivity index (χ4n) is 3.30. The third kappa shape index (κ3) is 3.67. The Kier molecular flexibility index (Phi) is 5.19. The van der Waals surface area contributed by atoms with Crippen LogP contribution in [-0.4, -0.2) is 19.8 Å². The molecule has 2 aromatic carbocycles. The van der Waals surface area contributed by atoms with Gasteiger partial charge in [-0.3, -0.25) is 0 Å². The molecule has 0 aromatic heterocycles. The van der Waals surface area contributed by atoms with Crippen LogP contribution in [0.3, 0.4) is 0 Å². The summed E-state index contributed by atoms with van der Waals surface area (Å²) in [5.41, 5.74) is 4.14. The highest BCUT2D eigenvalue weighted by molar-refractivity contribution is 5.46. The maximum atomic E-state index is 5.79. The second-order valence-electron chi connectivity index (χ2n) is 5.97. The molecule has 23 heavy (non-hydrogen) atoms. The summed E-state index contributed by atoms with van der Waals surface area (Å²) in [6.45, 7) is 3.45. The van der Waals surface area contributed by atoms with E-state index in [0.717, 1.165) is 36.4 Å². The van der Waals surface area contributed by atoms with Crippen LogP contribution in [0.1, 0.15) is 30.0 Å². The summed E-state index contributed by atoms with van der Waals surface area (Å²) >= 11 is 0. The van der Waals surface area contributed by atoms with Crippen molar-refractivity contribution in [2.45, 2.75) is 38.8 Å². The Bertz CT molecular complexity index is 654. The molecule has 0 bridgehead atoms. The van der Waals surface area contributed by atoms with E-state index in [1.54, 1.807) is 7.11 Å². The van der Waals surface area contributed by atoms with Gasteiger partial charge in [0, 0.05) is 18.2 Å². The summed E-state index contributed by atoms with van der Waals surface area (Å²) in [6, 6.07) is 15.4. The Balaban J connectivity index is 1.67. The van der Waals surface area contributed by atoms with Crippen molar-refractivity contribution in [3.63, 3.8) is 0 Å². The highest BCUT2D eigenvalue weighted by atomic mass is 16.5. The molecule has 0 unspecified atom stereocenters. The predicted octanol–water partition coefficient (Wildman–Crippen LogP) is 3.74. The van der Waals surface area contributed by atoms with E-state index in [4.69, 9.17) is 9.47 Å². The molecule has 0 heterocycles. The first-order valence-corrected chi connectivity index (χ1v) is 8.40. The Morgan fingerprint density at radius 2 is 1.91 bits per heavy atom. The fourth-order valence-corrected chi connectivity index (χ4v) is 3.30. The topological polar surface area (TPSA) is 30.5 Å². The smallest absolute Gasteiger partial charge is 0.165 e. The number of fused-ring (bicyclic) bond motifs is 1. The molecule has 0 amide bonds. The standard InChI is InChI=1S/C20H25NO2/c1-3-23-20-17(9-6-10-19(20)22-2)14-21-18-12-11-15-7-4-5-8-16(15)13-18/h4-10,18,21H,3,11-14H2,1-2H3/t18-/m1/s1. The number of hydrogen-bond acceptors (Lipinski definition) is 3. The van der Waals surface area contributed by atoms with Gasteiger partial charge >= 0.3 is 0 Å². The molecule has 2 aromatic rings. The van der Waals surface area contributed by atoms with E-state index in [2.05, 4.69) is 35.6 Å². The van der Waals surface area contributed by atoms with Gasteiger partial charge < -0.3 is 14.8 Å². The minimum atomic E-state index is 0.519. The molecule has 1 atom stereocenters. The summed E-state index contributed by atoms with van der Waals surface area (Å²) in [4.78, 5) is 0. The average Bonchev–Trinajstić information content (AvgIpc) is 2.60. The lowest BCUT2D eigenvalue weighted by molar-refractivity contribution is 0.305. The minimum Gasteiger partial charge on any atom is -0.493 e. The van der Waals surface area contributed by atoms with Gasteiger partial charge in [-0.15, -0.1) is 0 Å². The molecule has 0 saturated carbocycles. The number of hydrogen-bond donors (Lipinski definition) is 1. The second kappa shape index (κ2) is 7.51. The summed E-state index contributed by atoms with van der Waals surface area (Å²) in [5, 5.41) is 3.69. The monoisotopic (exact) mass is 311 g/mol. The van der Waals surface area contributed by atoms with Crippen molar-refractivity contribution in [1.29, 1.82) is 0 Å². The quantitative estimate of drug-likeness (QED) is 0.881. The number of rotatable bonds is 6. The highest BCUT2D eigenvalue weighted by Gasteiger charge is 2.18. The number of para-hydroxylation sites is 1. The molecule has 0 fully saturated rings. The number of nitrogens with one attached hydrogen (secondary N) is 1. The molecule has 0 saturated heterocycles. The van der Waals surface area contributed by atoms with Crippen molar-refractivity contribution in [2.75, 3.05) is 13.7 Å². The van der Waals surface area contributed by atoms with Gasteiger partial charge in [0.2, 0.25) is 0 Å². The zero-order chi connectivity index (χ0) is 16.1. The molecule has 3 nitrogen and oxygen atoms in total. The first kappa shape index (κ1) is 15.9. The van der Waals surface area contributed by atoms with Gasteiger partial charge in [0.05, 0.1) is 13.7 Å². The number of methoxy groups -OCH3 is 1. The molecule has 1 N–H and O–H groups in total. The van der Waals surface area contributed by atoms with Gasteiger partial charge in [0.25, 0.3) is 0 Å². The zero-order valence-corrected chi connectivity index (χ0v) is 14.0. The van der Waals surface area contributed by atoms with Crippen molar-refractivity contribution < 1.29 is 9.47 Å². The number of ether oxygens (including phenoxy) is 2. The molecule has 1 aliphatic rings. The van der Waals surface area contributed by atoms with E-state index in [1.165, 1.54) is 17.5 Å². The van der Waals surface area contributed by atoms with E-state index >= 15 is 0 Å². The van der Waals surface area contributed by atoms with E-state index < -0.39 is 0 Å². The van der Waals surface area contributed by atoms with Gasteiger partial charge in [0.1, 0.15) is 0 Å². The van der Waals surface area contributed by atoms with Crippen LogP contribution in [0, 0.1) is 0 Å². The van der Waals surface area contributed by atoms with Crippen molar-refractivity contribution in [1.82, 2.24) is 5.32 Å². The molecule has 1 aliphatic carbocycles. The zero-order valence-electron chi connectivity index (χ0n) is 14.0. The Morgan fingerprint density at radius 1 is 1.09 bits per heavy atom. The Morgan fingerprint density at radius 3 is 2.70 bits per heavy atom. The van der Waals surface area contributed by atoms with Crippen LogP contribution in [0.4, 0.5) is 0 Å². The normalized spacial score (nSPS) is 16.7. The van der Waals surface area contributed by atoms with Crippen molar-refractivity contribution in [3.05, 3.63) is 59.2 Å². The second-order valence-corrected chi connectivity index (χ2v) is 5.97. The van der Waals surface area contributed by atoms with Crippen LogP contribution < -0.4 is 14.8 Å². The number of benzene rings is 2. The maximum absolute atomic E-state index is 5.79. The Hall–Kier alpha value is -2.00. The maximum Gasteiger partial charge on any atom is 0.165 e. The first-order chi connectivity index (χ1) is 11.3. The lowest BCUT2D eigenvalue weighted by atomic mass is 9.88. The molecule has 0 radical (unpaired) electrons. The van der Waals surface area contributed by atoms with E-state index in [1.807, 2.05) is 19.1 Å².